The van der Waals surface area contributed by atoms with Crippen LogP contribution < -0.4 is 15.4 Å². The first-order chi connectivity index (χ1) is 14.2. The second kappa shape index (κ2) is 10.8. The number of aromatic nitrogens is 1. The molecule has 1 heterocycles. The van der Waals surface area contributed by atoms with Crippen LogP contribution in [0.4, 0.5) is 23.0 Å². The van der Waals surface area contributed by atoms with Gasteiger partial charge in [-0.1, -0.05) is 0 Å². The van der Waals surface area contributed by atoms with Crippen molar-refractivity contribution < 1.29 is 32.6 Å². The number of benzene rings is 1. The highest BCUT2D eigenvalue weighted by Crippen LogP contribution is 2.31. The molecule has 0 spiro atoms. The molecule has 2 aromatic rings. The van der Waals surface area contributed by atoms with Crippen LogP contribution in [0.5, 0.6) is 5.88 Å². The quantitative estimate of drug-likeness (QED) is 0.484. The van der Waals surface area contributed by atoms with Crippen molar-refractivity contribution in [3.8, 4) is 5.88 Å². The minimum Gasteiger partial charge on any atom is -0.477 e. The smallest absolute Gasteiger partial charge is 0.344 e. The normalized spacial score (nSPS) is 10.9. The molecule has 0 bridgehead atoms. The Morgan fingerprint density at radius 1 is 1.20 bits per heavy atom. The maximum absolute atomic E-state index is 13.7. The Balaban J connectivity index is 2.00. The van der Waals surface area contributed by atoms with Gasteiger partial charge in [0, 0.05) is 18.7 Å². The lowest BCUT2D eigenvalue weighted by atomic mass is 10.2. The zero-order valence-electron chi connectivity index (χ0n) is 16.3. The van der Waals surface area contributed by atoms with E-state index in [4.69, 9.17) is 4.74 Å². The summed E-state index contributed by atoms with van der Waals surface area (Å²) < 4.78 is 49.3. The van der Waals surface area contributed by atoms with E-state index in [1.165, 1.54) is 0 Å². The van der Waals surface area contributed by atoms with Crippen LogP contribution in [-0.4, -0.2) is 53.6 Å². The number of nitrogens with one attached hydrogen (secondary N) is 2. The summed E-state index contributed by atoms with van der Waals surface area (Å²) in [5.74, 6) is -5.30. The highest BCUT2D eigenvalue weighted by atomic mass is 32.1. The van der Waals surface area contributed by atoms with E-state index in [2.05, 4.69) is 15.0 Å². The van der Waals surface area contributed by atoms with Crippen molar-refractivity contribution in [2.45, 2.75) is 19.4 Å². The molecule has 0 aliphatic rings. The minimum atomic E-state index is -1.44. The molecule has 0 atom stereocenters. The number of halogens is 3. The number of amides is 2. The van der Waals surface area contributed by atoms with E-state index in [9.17, 15) is 27.9 Å². The first kappa shape index (κ1) is 23.4. The molecule has 12 heteroatoms. The number of hydrogen-bond donors (Lipinski definition) is 3. The van der Waals surface area contributed by atoms with Crippen LogP contribution in [0.25, 0.3) is 0 Å². The lowest BCUT2D eigenvalue weighted by Gasteiger charge is -2.10. The Hall–Kier alpha value is -2.86. The number of ether oxygens (including phenoxy) is 1. The zero-order valence-corrected chi connectivity index (χ0v) is 17.1. The van der Waals surface area contributed by atoms with Crippen LogP contribution >= 0.6 is 11.5 Å². The SMILES string of the molecule is CN(C)CCCCNC(=O)Nc1snc(OCc2c(F)cc(F)cc2F)c1C(=O)O. The summed E-state index contributed by atoms with van der Waals surface area (Å²) in [6.45, 7) is 0.560. The van der Waals surface area contributed by atoms with E-state index in [1.807, 2.05) is 19.0 Å². The summed E-state index contributed by atoms with van der Waals surface area (Å²) in [6.07, 6.45) is 1.62. The van der Waals surface area contributed by atoms with Crippen LogP contribution in [0.2, 0.25) is 0 Å². The molecule has 164 valence electrons. The van der Waals surface area contributed by atoms with Gasteiger partial charge in [-0.2, -0.15) is 4.37 Å². The fourth-order valence-corrected chi connectivity index (χ4v) is 3.12. The summed E-state index contributed by atoms with van der Waals surface area (Å²) in [7, 11) is 3.88. The number of carboxylic acid groups (broad SMARTS) is 1. The highest BCUT2D eigenvalue weighted by Gasteiger charge is 2.24. The van der Waals surface area contributed by atoms with Gasteiger partial charge in [0.1, 0.15) is 29.1 Å². The van der Waals surface area contributed by atoms with Crippen LogP contribution in [0.1, 0.15) is 28.8 Å². The number of rotatable bonds is 10. The molecule has 0 aliphatic heterocycles. The molecular weight excluding hydrogens is 425 g/mol. The van der Waals surface area contributed by atoms with Crippen molar-refractivity contribution >= 4 is 28.5 Å². The molecule has 1 aromatic carbocycles. The van der Waals surface area contributed by atoms with E-state index in [0.717, 1.165) is 19.4 Å². The van der Waals surface area contributed by atoms with Gasteiger partial charge in [-0.05, 0) is 45.0 Å². The Morgan fingerprint density at radius 3 is 2.47 bits per heavy atom. The summed E-state index contributed by atoms with van der Waals surface area (Å²) >= 11 is 0.645. The molecule has 8 nitrogen and oxygen atoms in total. The Labute approximate surface area is 174 Å². The van der Waals surface area contributed by atoms with Gasteiger partial charge in [0.2, 0.25) is 5.88 Å². The number of carbonyl (C=O) groups is 2. The number of carboxylic acids is 1. The van der Waals surface area contributed by atoms with Gasteiger partial charge in [0.05, 0.1) is 5.56 Å². The predicted molar refractivity (Wildman–Crippen MR) is 105 cm³/mol. The third-order valence-corrected chi connectivity index (χ3v) is 4.62. The summed E-state index contributed by atoms with van der Waals surface area (Å²) in [6, 6.07) is 0.348. The minimum absolute atomic E-state index is 0.0941. The van der Waals surface area contributed by atoms with E-state index in [-0.39, 0.29) is 5.00 Å². The molecule has 2 amide bonds. The Morgan fingerprint density at radius 2 is 1.87 bits per heavy atom. The average molecular weight is 446 g/mol. The number of carbonyl (C=O) groups excluding carboxylic acids is 1. The van der Waals surface area contributed by atoms with Gasteiger partial charge >= 0.3 is 12.0 Å². The molecule has 1 aromatic heterocycles. The molecule has 0 fully saturated rings. The summed E-state index contributed by atoms with van der Waals surface area (Å²) in [5.41, 5.74) is -1.03. The summed E-state index contributed by atoms with van der Waals surface area (Å²) in [4.78, 5) is 25.5. The molecule has 0 aliphatic carbocycles. The van der Waals surface area contributed by atoms with E-state index in [1.54, 1.807) is 0 Å². The zero-order chi connectivity index (χ0) is 22.3. The standard InChI is InChI=1S/C18H21F3N4O4S/c1-25(2)6-4-3-5-22-18(28)23-16-14(17(26)27)15(24-30-16)29-9-11-12(20)7-10(19)8-13(11)21/h7-8H,3-6,9H2,1-2H3,(H,26,27)(H2,22,23,28). The first-order valence-corrected chi connectivity index (χ1v) is 9.65. The third-order valence-electron chi connectivity index (χ3n) is 3.88. The average Bonchev–Trinajstić information content (AvgIpc) is 3.02. The largest absolute Gasteiger partial charge is 0.477 e. The first-order valence-electron chi connectivity index (χ1n) is 8.87. The van der Waals surface area contributed by atoms with Gasteiger partial charge < -0.3 is 20.1 Å². The van der Waals surface area contributed by atoms with E-state index >= 15 is 0 Å². The fourth-order valence-electron chi connectivity index (χ4n) is 2.40. The summed E-state index contributed by atoms with van der Waals surface area (Å²) in [5, 5.41) is 14.3. The monoisotopic (exact) mass is 446 g/mol. The van der Waals surface area contributed by atoms with Gasteiger partial charge in [0.15, 0.2) is 5.56 Å². The lowest BCUT2D eigenvalue weighted by Crippen LogP contribution is -2.30. The van der Waals surface area contributed by atoms with Crippen molar-refractivity contribution in [2.75, 3.05) is 32.5 Å². The van der Waals surface area contributed by atoms with Crippen LogP contribution in [0, 0.1) is 17.5 Å². The maximum Gasteiger partial charge on any atom is 0.344 e. The molecule has 30 heavy (non-hydrogen) atoms. The molecular formula is C18H21F3N4O4S. The lowest BCUT2D eigenvalue weighted by molar-refractivity contribution is 0.0693. The van der Waals surface area contributed by atoms with E-state index < -0.39 is 53.1 Å². The van der Waals surface area contributed by atoms with E-state index in [0.29, 0.717) is 30.2 Å². The topological polar surface area (TPSA) is 104 Å². The molecule has 2 rings (SSSR count). The van der Waals surface area contributed by atoms with Gasteiger partial charge in [-0.15, -0.1) is 0 Å². The van der Waals surface area contributed by atoms with Crippen molar-refractivity contribution in [3.05, 3.63) is 40.7 Å². The predicted octanol–water partition coefficient (Wildman–Crippen LogP) is 3.30. The molecule has 0 radical (unpaired) electrons. The number of nitrogens with zero attached hydrogens (tertiary/aromatic N) is 2. The number of urea groups is 1. The molecule has 0 unspecified atom stereocenters. The highest BCUT2D eigenvalue weighted by molar-refractivity contribution is 7.11. The van der Waals surface area contributed by atoms with Crippen LogP contribution in [0.3, 0.4) is 0 Å². The molecule has 3 N–H and O–H groups in total. The van der Waals surface area contributed by atoms with Crippen molar-refractivity contribution in [1.29, 1.82) is 0 Å². The second-order valence-electron chi connectivity index (χ2n) is 6.52. The van der Waals surface area contributed by atoms with Crippen molar-refractivity contribution in [2.24, 2.45) is 0 Å². The Kier molecular flexibility index (Phi) is 8.42. The third kappa shape index (κ3) is 6.59. The van der Waals surface area contributed by atoms with Crippen molar-refractivity contribution in [3.63, 3.8) is 0 Å². The number of anilines is 1. The Bertz CT molecular complexity index is 885. The number of hydrogen-bond acceptors (Lipinski definition) is 6. The van der Waals surface area contributed by atoms with Gasteiger partial charge in [0.25, 0.3) is 0 Å². The van der Waals surface area contributed by atoms with Crippen LogP contribution in [0.15, 0.2) is 12.1 Å². The van der Waals surface area contributed by atoms with Crippen LogP contribution in [-0.2, 0) is 6.61 Å². The number of aromatic carboxylic acids is 1. The second-order valence-corrected chi connectivity index (χ2v) is 7.30. The molecule has 0 saturated heterocycles. The van der Waals surface area contributed by atoms with Gasteiger partial charge in [-0.25, -0.2) is 22.8 Å². The maximum atomic E-state index is 13.7. The van der Waals surface area contributed by atoms with Gasteiger partial charge in [-0.3, -0.25) is 5.32 Å². The fraction of sp³-hybridized carbons (Fsp3) is 0.389. The number of unbranched alkanes of at least 4 members (excludes halogenated alkanes) is 1. The molecule has 0 saturated carbocycles. The van der Waals surface area contributed by atoms with Crippen molar-refractivity contribution in [1.82, 2.24) is 14.6 Å².